The molecule has 0 aromatic heterocycles. The zero-order chi connectivity index (χ0) is 24.2. The molecule has 3 aromatic carbocycles. The highest BCUT2D eigenvalue weighted by molar-refractivity contribution is 6.42. The Hall–Kier alpha value is -2.99. The van der Waals surface area contributed by atoms with Gasteiger partial charge in [-0.05, 0) is 61.4 Å². The van der Waals surface area contributed by atoms with Crippen molar-refractivity contribution in [1.29, 1.82) is 0 Å². The van der Waals surface area contributed by atoms with Crippen LogP contribution in [0, 0.1) is 6.92 Å². The lowest BCUT2D eigenvalue weighted by molar-refractivity contribution is -0.129. The largest absolute Gasteiger partial charge is 0.490 e. The number of carbonyl (C=O) groups excluding carboxylic acids is 1. The molecular weight excluding hydrogens is 497 g/mol. The molecule has 0 unspecified atom stereocenters. The molecule has 1 aliphatic rings. The van der Waals surface area contributed by atoms with Crippen LogP contribution in [0.15, 0.2) is 65.3 Å². The minimum atomic E-state index is -0.588. The van der Waals surface area contributed by atoms with Gasteiger partial charge in [-0.2, -0.15) is 0 Å². The fourth-order valence-electron chi connectivity index (χ4n) is 3.23. The first-order valence-electron chi connectivity index (χ1n) is 10.5. The zero-order valence-electron chi connectivity index (χ0n) is 18.4. The van der Waals surface area contributed by atoms with Gasteiger partial charge < -0.3 is 14.2 Å². The number of hydrogen-bond acceptors (Lipinski definition) is 5. The van der Waals surface area contributed by atoms with E-state index in [1.165, 1.54) is 5.56 Å². The van der Waals surface area contributed by atoms with Gasteiger partial charge in [-0.3, -0.25) is 0 Å². The zero-order valence-corrected chi connectivity index (χ0v) is 20.7. The average molecular weight is 517 g/mol. The average Bonchev–Trinajstić information content (AvgIpc) is 3.16. The number of hydrogen-bond donors (Lipinski definition) is 0. The number of halogens is 3. The number of aliphatic imine (C=N–C) groups is 1. The van der Waals surface area contributed by atoms with Crippen molar-refractivity contribution >= 4 is 52.7 Å². The van der Waals surface area contributed by atoms with Gasteiger partial charge in [0.25, 0.3) is 0 Å². The number of rotatable bonds is 7. The highest BCUT2D eigenvalue weighted by atomic mass is 35.5. The Kier molecular flexibility index (Phi) is 7.47. The summed E-state index contributed by atoms with van der Waals surface area (Å²) in [5.74, 6) is 0.452. The van der Waals surface area contributed by atoms with Crippen LogP contribution in [-0.4, -0.2) is 18.5 Å². The van der Waals surface area contributed by atoms with Crippen molar-refractivity contribution in [1.82, 2.24) is 0 Å². The Bertz CT molecular complexity index is 1300. The van der Waals surface area contributed by atoms with Gasteiger partial charge in [-0.1, -0.05) is 64.6 Å². The Morgan fingerprint density at radius 1 is 0.941 bits per heavy atom. The van der Waals surface area contributed by atoms with E-state index >= 15 is 0 Å². The molecular formula is C26H20Cl3NO4. The van der Waals surface area contributed by atoms with Crippen molar-refractivity contribution in [3.05, 3.63) is 97.6 Å². The predicted molar refractivity (Wildman–Crippen MR) is 135 cm³/mol. The van der Waals surface area contributed by atoms with E-state index in [9.17, 15) is 4.79 Å². The summed E-state index contributed by atoms with van der Waals surface area (Å²) in [6.45, 7) is 4.65. The molecule has 8 heteroatoms. The highest BCUT2D eigenvalue weighted by Crippen LogP contribution is 2.38. The summed E-state index contributed by atoms with van der Waals surface area (Å²) in [6, 6.07) is 16.3. The van der Waals surface area contributed by atoms with Gasteiger partial charge in [0.05, 0.1) is 21.7 Å². The molecule has 0 bridgehead atoms. The molecule has 0 N–H and O–H groups in total. The molecule has 174 valence electrons. The number of benzene rings is 3. The van der Waals surface area contributed by atoms with Gasteiger partial charge in [0, 0.05) is 5.56 Å². The van der Waals surface area contributed by atoms with Crippen LogP contribution >= 0.6 is 34.8 Å². The Morgan fingerprint density at radius 2 is 1.71 bits per heavy atom. The lowest BCUT2D eigenvalue weighted by Gasteiger charge is -2.14. The van der Waals surface area contributed by atoms with Crippen LogP contribution in [0.5, 0.6) is 11.5 Å². The van der Waals surface area contributed by atoms with Crippen LogP contribution in [0.1, 0.15) is 29.2 Å². The van der Waals surface area contributed by atoms with E-state index in [0.29, 0.717) is 50.9 Å². The van der Waals surface area contributed by atoms with Crippen LogP contribution in [0.4, 0.5) is 0 Å². The summed E-state index contributed by atoms with van der Waals surface area (Å²) < 4.78 is 17.0. The molecule has 0 aliphatic carbocycles. The molecule has 0 saturated heterocycles. The molecule has 0 saturated carbocycles. The first-order valence-corrected chi connectivity index (χ1v) is 11.6. The maximum absolute atomic E-state index is 12.4. The third-order valence-corrected chi connectivity index (χ3v) is 5.95. The van der Waals surface area contributed by atoms with Gasteiger partial charge in [0.1, 0.15) is 6.61 Å². The monoisotopic (exact) mass is 515 g/mol. The lowest BCUT2D eigenvalue weighted by atomic mass is 10.1. The number of ether oxygens (including phenoxy) is 3. The number of esters is 1. The van der Waals surface area contributed by atoms with E-state index in [1.54, 1.807) is 36.4 Å². The van der Waals surface area contributed by atoms with Crippen molar-refractivity contribution in [3.8, 4) is 11.5 Å². The summed E-state index contributed by atoms with van der Waals surface area (Å²) in [5, 5.41) is 1.09. The van der Waals surface area contributed by atoms with Crippen LogP contribution in [0.25, 0.3) is 6.08 Å². The molecule has 0 radical (unpaired) electrons. The molecule has 0 spiro atoms. The van der Waals surface area contributed by atoms with Crippen molar-refractivity contribution < 1.29 is 19.0 Å². The number of carbonyl (C=O) groups is 1. The summed E-state index contributed by atoms with van der Waals surface area (Å²) in [5.41, 5.74) is 3.45. The standard InChI is InChI=1S/C26H20Cl3NO4/c1-3-32-23-12-17(10-21(29)24(23)33-14-16-6-4-15(2)5-7-16)11-22-26(31)34-25(30-22)18-8-9-19(27)20(28)13-18/h4-13H,3,14H2,1-2H3/b22-11-. The second-order valence-corrected chi connectivity index (χ2v) is 8.72. The fraction of sp³-hybridized carbons (Fsp3) is 0.154. The molecule has 0 fully saturated rings. The van der Waals surface area contributed by atoms with Crippen LogP contribution in [0.2, 0.25) is 15.1 Å². The Morgan fingerprint density at radius 3 is 2.41 bits per heavy atom. The second kappa shape index (κ2) is 10.5. The number of nitrogens with zero attached hydrogens (tertiary/aromatic N) is 1. The Balaban J connectivity index is 1.61. The highest BCUT2D eigenvalue weighted by Gasteiger charge is 2.25. The summed E-state index contributed by atoms with van der Waals surface area (Å²) >= 11 is 18.5. The summed E-state index contributed by atoms with van der Waals surface area (Å²) in [4.78, 5) is 16.7. The molecule has 0 amide bonds. The Labute approximate surface area is 212 Å². The predicted octanol–water partition coefficient (Wildman–Crippen LogP) is 7.28. The maximum Gasteiger partial charge on any atom is 0.363 e. The normalized spacial score (nSPS) is 14.2. The van der Waals surface area contributed by atoms with Gasteiger partial charge in [-0.25, -0.2) is 9.79 Å². The van der Waals surface area contributed by atoms with Crippen molar-refractivity contribution in [2.75, 3.05) is 6.61 Å². The number of cyclic esters (lactones) is 1. The van der Waals surface area contributed by atoms with E-state index in [2.05, 4.69) is 4.99 Å². The third-order valence-electron chi connectivity index (χ3n) is 4.93. The number of aryl methyl sites for hydroxylation is 1. The van der Waals surface area contributed by atoms with E-state index in [4.69, 9.17) is 49.0 Å². The minimum Gasteiger partial charge on any atom is -0.490 e. The molecule has 1 aliphatic heterocycles. The van der Waals surface area contributed by atoms with Crippen LogP contribution < -0.4 is 9.47 Å². The SMILES string of the molecule is CCOc1cc(/C=C2\N=C(c3ccc(Cl)c(Cl)c3)OC2=O)cc(Cl)c1OCc1ccc(C)cc1. The van der Waals surface area contributed by atoms with E-state index in [-0.39, 0.29) is 11.6 Å². The van der Waals surface area contributed by atoms with E-state index in [1.807, 2.05) is 38.1 Å². The van der Waals surface area contributed by atoms with Crippen molar-refractivity contribution in [3.63, 3.8) is 0 Å². The van der Waals surface area contributed by atoms with Crippen LogP contribution in [0.3, 0.4) is 0 Å². The molecule has 3 aromatic rings. The first-order chi connectivity index (χ1) is 16.3. The molecule has 1 heterocycles. The lowest BCUT2D eigenvalue weighted by Crippen LogP contribution is -2.05. The second-order valence-electron chi connectivity index (χ2n) is 7.50. The first kappa shape index (κ1) is 24.1. The summed E-state index contributed by atoms with van der Waals surface area (Å²) in [6.07, 6.45) is 1.57. The van der Waals surface area contributed by atoms with E-state index in [0.717, 1.165) is 5.56 Å². The topological polar surface area (TPSA) is 57.1 Å². The maximum atomic E-state index is 12.4. The molecule has 34 heavy (non-hydrogen) atoms. The summed E-state index contributed by atoms with van der Waals surface area (Å²) in [7, 11) is 0. The molecule has 0 atom stereocenters. The van der Waals surface area contributed by atoms with E-state index < -0.39 is 5.97 Å². The van der Waals surface area contributed by atoms with Crippen LogP contribution in [-0.2, 0) is 16.1 Å². The third kappa shape index (κ3) is 5.55. The molecule has 4 rings (SSSR count). The minimum absolute atomic E-state index is 0.118. The smallest absolute Gasteiger partial charge is 0.363 e. The quantitative estimate of drug-likeness (QED) is 0.245. The van der Waals surface area contributed by atoms with Gasteiger partial charge in [0.15, 0.2) is 17.2 Å². The van der Waals surface area contributed by atoms with Crippen molar-refractivity contribution in [2.45, 2.75) is 20.5 Å². The van der Waals surface area contributed by atoms with Gasteiger partial charge in [-0.15, -0.1) is 0 Å². The molecule has 5 nitrogen and oxygen atoms in total. The van der Waals surface area contributed by atoms with Gasteiger partial charge in [0.2, 0.25) is 5.90 Å². The van der Waals surface area contributed by atoms with Gasteiger partial charge >= 0.3 is 5.97 Å². The fourth-order valence-corrected chi connectivity index (χ4v) is 3.81. The van der Waals surface area contributed by atoms with Crippen molar-refractivity contribution in [2.24, 2.45) is 4.99 Å².